The van der Waals surface area contributed by atoms with Crippen LogP contribution >= 0.6 is 11.6 Å². The van der Waals surface area contributed by atoms with E-state index in [1.54, 1.807) is 25.3 Å². The molecule has 2 aliphatic rings. The third kappa shape index (κ3) is 5.66. The van der Waals surface area contributed by atoms with Crippen LogP contribution in [0.2, 0.25) is 5.02 Å². The summed E-state index contributed by atoms with van der Waals surface area (Å²) in [5, 5.41) is 21.9. The van der Waals surface area contributed by atoms with Gasteiger partial charge in [0.2, 0.25) is 5.95 Å². The Bertz CT molecular complexity index is 1530. The number of nitriles is 1. The molecule has 39 heavy (non-hydrogen) atoms. The number of nitrogens with one attached hydrogen (secondary N) is 2. The van der Waals surface area contributed by atoms with Crippen molar-refractivity contribution in [2.45, 2.75) is 59.0 Å². The van der Waals surface area contributed by atoms with Crippen LogP contribution in [-0.4, -0.2) is 34.5 Å². The maximum atomic E-state index is 13.9. The van der Waals surface area contributed by atoms with Crippen LogP contribution in [0.1, 0.15) is 62.9 Å². The van der Waals surface area contributed by atoms with Gasteiger partial charge in [-0.25, -0.2) is 4.98 Å². The largest absolute Gasteiger partial charge is 0.383 e. The van der Waals surface area contributed by atoms with Crippen LogP contribution in [0.5, 0.6) is 0 Å². The number of rotatable bonds is 8. The number of aromatic nitrogens is 2. The molecule has 2 atom stereocenters. The van der Waals surface area contributed by atoms with Crippen LogP contribution in [0.15, 0.2) is 40.6 Å². The lowest BCUT2D eigenvalue weighted by atomic mass is 9.96. The number of nitrogens with zero attached hydrogens (tertiary/aromatic N) is 5. The van der Waals surface area contributed by atoms with Gasteiger partial charge in [0.1, 0.15) is 11.8 Å². The van der Waals surface area contributed by atoms with Crippen molar-refractivity contribution >= 4 is 45.8 Å². The van der Waals surface area contributed by atoms with Crippen LogP contribution in [0.3, 0.4) is 0 Å². The topological polar surface area (TPSA) is 124 Å². The van der Waals surface area contributed by atoms with E-state index in [1.807, 2.05) is 6.07 Å². The summed E-state index contributed by atoms with van der Waals surface area (Å²) in [5.74, 6) is 5.31. The van der Waals surface area contributed by atoms with Crippen LogP contribution in [-0.2, 0) is 0 Å². The minimum Gasteiger partial charge on any atom is -0.383 e. The summed E-state index contributed by atoms with van der Waals surface area (Å²) in [6.45, 7) is 8.72. The number of anilines is 2. The zero-order valence-electron chi connectivity index (χ0n) is 22.5. The van der Waals surface area contributed by atoms with E-state index in [-0.39, 0.29) is 5.41 Å². The lowest BCUT2D eigenvalue weighted by molar-refractivity contribution is 0.443. The van der Waals surface area contributed by atoms with Gasteiger partial charge in [-0.3, -0.25) is 9.98 Å². The molecule has 2 fully saturated rings. The van der Waals surface area contributed by atoms with E-state index in [2.05, 4.69) is 52.5 Å². The number of hydrogen-bond acceptors (Lipinski definition) is 8. The summed E-state index contributed by atoms with van der Waals surface area (Å²) < 4.78 is 13.9. The maximum Gasteiger partial charge on any atom is 0.213 e. The molecule has 2 aromatic heterocycles. The smallest absolute Gasteiger partial charge is 0.213 e. The average Bonchev–Trinajstić information content (AvgIpc) is 3.80. The van der Waals surface area contributed by atoms with E-state index in [1.165, 1.54) is 25.1 Å². The highest BCUT2D eigenvalue weighted by atomic mass is 35.5. The summed E-state index contributed by atoms with van der Waals surface area (Å²) >= 11 is 6.71. The highest BCUT2D eigenvalue weighted by Gasteiger charge is 2.62. The first-order chi connectivity index (χ1) is 18.5. The van der Waals surface area contributed by atoms with Crippen LogP contribution < -0.4 is 16.5 Å². The number of nitrogens with two attached hydrogens (primary N) is 1. The molecule has 10 heteroatoms. The first-order valence-electron chi connectivity index (χ1n) is 13.0. The molecule has 5 rings (SSSR count). The standard InChI is InChI=1S/C29H32ClFN8/c1-16-19(5-6-24(31)37-16)27(22(39-33)14-34-23-11-29(23)7-8-29)38-18-9-20-25(36-15-28(2,3)4)17(12-32)13-35-26(20)21(30)10-18/h5-6,9-10,13-14,23,27,38H,7-8,11,15,33H2,1-4H3,(H,35,36)/t23?,27-/m0/s1. The van der Waals surface area contributed by atoms with Gasteiger partial charge >= 0.3 is 0 Å². The Kier molecular flexibility index (Phi) is 6.93. The first-order valence-corrected chi connectivity index (χ1v) is 13.4. The fourth-order valence-electron chi connectivity index (χ4n) is 4.88. The summed E-state index contributed by atoms with van der Waals surface area (Å²) in [4.78, 5) is 13.2. The summed E-state index contributed by atoms with van der Waals surface area (Å²) in [7, 11) is 0. The highest BCUT2D eigenvalue weighted by Crippen LogP contribution is 2.67. The molecular formula is C29H32ClFN8. The first kappa shape index (κ1) is 26.8. The van der Waals surface area contributed by atoms with Crippen molar-refractivity contribution in [1.82, 2.24) is 9.97 Å². The second kappa shape index (κ2) is 10.1. The molecule has 202 valence electrons. The summed E-state index contributed by atoms with van der Waals surface area (Å²) in [5.41, 5.74) is 4.37. The number of halogens is 2. The van der Waals surface area contributed by atoms with Crippen molar-refractivity contribution in [3.05, 3.63) is 58.3 Å². The maximum absolute atomic E-state index is 13.9. The second-order valence-electron chi connectivity index (χ2n) is 11.7. The number of hydrogen-bond donors (Lipinski definition) is 3. The minimum absolute atomic E-state index is 0.0212. The van der Waals surface area contributed by atoms with Crippen LogP contribution in [0.4, 0.5) is 15.8 Å². The minimum atomic E-state index is -0.577. The van der Waals surface area contributed by atoms with Gasteiger partial charge in [0, 0.05) is 41.3 Å². The van der Waals surface area contributed by atoms with Crippen LogP contribution in [0, 0.1) is 35.0 Å². The van der Waals surface area contributed by atoms with E-state index in [0.29, 0.717) is 67.8 Å². The van der Waals surface area contributed by atoms with Gasteiger partial charge in [-0.15, -0.1) is 0 Å². The van der Waals surface area contributed by atoms with Gasteiger partial charge in [-0.2, -0.15) is 14.8 Å². The lowest BCUT2D eigenvalue weighted by Crippen LogP contribution is -2.25. The molecule has 2 aliphatic carbocycles. The van der Waals surface area contributed by atoms with Crippen molar-refractivity contribution in [2.24, 2.45) is 26.8 Å². The van der Waals surface area contributed by atoms with Gasteiger partial charge in [0.15, 0.2) is 0 Å². The van der Waals surface area contributed by atoms with Crippen molar-refractivity contribution in [1.29, 1.82) is 5.26 Å². The Balaban J connectivity index is 1.56. The Hall–Kier alpha value is -3.77. The Morgan fingerprint density at radius 2 is 2.13 bits per heavy atom. The van der Waals surface area contributed by atoms with Gasteiger partial charge in [-0.05, 0) is 55.2 Å². The molecule has 1 aromatic carbocycles. The van der Waals surface area contributed by atoms with E-state index in [4.69, 9.17) is 22.4 Å². The fourth-order valence-corrected chi connectivity index (χ4v) is 5.15. The van der Waals surface area contributed by atoms with E-state index in [0.717, 1.165) is 6.42 Å². The molecule has 0 bridgehead atoms. The third-order valence-electron chi connectivity index (χ3n) is 7.43. The molecule has 2 heterocycles. The fraction of sp³-hybridized carbons (Fsp3) is 0.414. The number of hydrazone groups is 1. The number of aryl methyl sites for hydroxylation is 1. The molecule has 8 nitrogen and oxygen atoms in total. The van der Waals surface area contributed by atoms with Gasteiger partial charge < -0.3 is 16.5 Å². The molecule has 0 amide bonds. The molecule has 4 N–H and O–H groups in total. The Morgan fingerprint density at radius 3 is 2.74 bits per heavy atom. The molecule has 1 spiro atoms. The number of pyridine rings is 2. The normalized spacial score (nSPS) is 18.8. The highest BCUT2D eigenvalue weighted by molar-refractivity contribution is 6.36. The molecular weight excluding hydrogens is 515 g/mol. The molecule has 0 saturated heterocycles. The SMILES string of the molecule is Cc1nc(F)ccc1[C@H](Nc1cc(Cl)c2ncc(C#N)c(NCC(C)(C)C)c2c1)C(C=NC1CC12CC2)=NN. The van der Waals surface area contributed by atoms with E-state index < -0.39 is 12.0 Å². The quantitative estimate of drug-likeness (QED) is 0.135. The lowest BCUT2D eigenvalue weighted by Gasteiger charge is -2.23. The van der Waals surface area contributed by atoms with Gasteiger partial charge in [-0.1, -0.05) is 38.4 Å². The van der Waals surface area contributed by atoms with Crippen molar-refractivity contribution in [2.75, 3.05) is 17.2 Å². The number of aliphatic imine (C=N–C) groups is 1. The van der Waals surface area contributed by atoms with Crippen LogP contribution in [0.25, 0.3) is 10.9 Å². The van der Waals surface area contributed by atoms with Gasteiger partial charge in [0.25, 0.3) is 0 Å². The number of benzene rings is 1. The van der Waals surface area contributed by atoms with Crippen molar-refractivity contribution in [3.8, 4) is 6.07 Å². The summed E-state index contributed by atoms with van der Waals surface area (Å²) in [6.07, 6.45) is 6.77. The molecule has 0 radical (unpaired) electrons. The van der Waals surface area contributed by atoms with Crippen molar-refractivity contribution in [3.63, 3.8) is 0 Å². The summed E-state index contributed by atoms with van der Waals surface area (Å²) in [6, 6.07) is 8.59. The van der Waals surface area contributed by atoms with Gasteiger partial charge in [0.05, 0.1) is 33.9 Å². The Labute approximate surface area is 232 Å². The molecule has 0 aliphatic heterocycles. The predicted molar refractivity (Wildman–Crippen MR) is 155 cm³/mol. The number of fused-ring (bicyclic) bond motifs is 1. The third-order valence-corrected chi connectivity index (χ3v) is 7.71. The average molecular weight is 547 g/mol. The Morgan fingerprint density at radius 1 is 1.36 bits per heavy atom. The second-order valence-corrected chi connectivity index (χ2v) is 12.1. The molecule has 1 unspecified atom stereocenters. The zero-order chi connectivity index (χ0) is 27.9. The zero-order valence-corrected chi connectivity index (χ0v) is 23.3. The molecule has 3 aromatic rings. The van der Waals surface area contributed by atoms with E-state index >= 15 is 0 Å². The monoisotopic (exact) mass is 546 g/mol. The molecule has 2 saturated carbocycles. The predicted octanol–water partition coefficient (Wildman–Crippen LogP) is 6.15. The van der Waals surface area contributed by atoms with Crippen molar-refractivity contribution < 1.29 is 4.39 Å². The van der Waals surface area contributed by atoms with E-state index in [9.17, 15) is 9.65 Å².